The molecule has 0 aliphatic heterocycles. The molecule has 1 heterocycles. The molecule has 34 heavy (non-hydrogen) atoms. The van der Waals surface area contributed by atoms with Crippen LogP contribution in [0.25, 0.3) is 10.1 Å². The van der Waals surface area contributed by atoms with Gasteiger partial charge in [0.25, 0.3) is 5.91 Å². The highest BCUT2D eigenvalue weighted by atomic mass is 35.5. The number of thiophene rings is 1. The molecule has 0 atom stereocenters. The Labute approximate surface area is 205 Å². The third-order valence-corrected chi connectivity index (χ3v) is 6.74. The maximum absolute atomic E-state index is 12.8. The third kappa shape index (κ3) is 5.44. The van der Waals surface area contributed by atoms with Gasteiger partial charge in [-0.25, -0.2) is 10.2 Å². The second kappa shape index (κ2) is 10.5. The number of hydrogen-bond acceptors (Lipinski definition) is 6. The lowest BCUT2D eigenvalue weighted by atomic mass is 10.1. The van der Waals surface area contributed by atoms with Crippen molar-refractivity contribution in [3.8, 4) is 11.5 Å². The number of carbonyl (C=O) groups excluding carboxylic acids is 2. The van der Waals surface area contributed by atoms with Gasteiger partial charge in [-0.3, -0.25) is 4.79 Å². The van der Waals surface area contributed by atoms with E-state index in [1.165, 1.54) is 17.6 Å². The van der Waals surface area contributed by atoms with Gasteiger partial charge in [-0.2, -0.15) is 5.10 Å². The molecule has 172 valence electrons. The van der Waals surface area contributed by atoms with E-state index in [0.717, 1.165) is 21.2 Å². The first-order valence-electron chi connectivity index (χ1n) is 10.4. The Balaban J connectivity index is 1.38. The van der Waals surface area contributed by atoms with Crippen molar-refractivity contribution in [2.75, 3.05) is 6.61 Å². The van der Waals surface area contributed by atoms with Gasteiger partial charge in [-0.05, 0) is 55.3 Å². The van der Waals surface area contributed by atoms with Crippen LogP contribution in [0.5, 0.6) is 11.5 Å². The fraction of sp³-hybridized carbons (Fsp3) is 0.115. The number of nitrogens with zero attached hydrogens (tertiary/aromatic N) is 1. The maximum atomic E-state index is 12.8. The molecule has 0 aliphatic carbocycles. The minimum absolute atomic E-state index is 0.180. The van der Waals surface area contributed by atoms with E-state index in [4.69, 9.17) is 21.1 Å². The number of rotatable bonds is 7. The highest BCUT2D eigenvalue weighted by Gasteiger charge is 2.19. The van der Waals surface area contributed by atoms with E-state index in [-0.39, 0.29) is 6.61 Å². The number of carbonyl (C=O) groups is 2. The summed E-state index contributed by atoms with van der Waals surface area (Å²) in [5.41, 5.74) is 5.16. The Morgan fingerprint density at radius 1 is 1.03 bits per heavy atom. The van der Waals surface area contributed by atoms with Gasteiger partial charge in [0.1, 0.15) is 16.4 Å². The average Bonchev–Trinajstić information content (AvgIpc) is 3.18. The van der Waals surface area contributed by atoms with Crippen molar-refractivity contribution in [2.45, 2.75) is 13.8 Å². The van der Waals surface area contributed by atoms with Crippen LogP contribution >= 0.6 is 22.9 Å². The standard InChI is InChI=1S/C26H21ClN2O4S/c1-16-11-12-19(13-17(16)2)32-15-23(30)29-28-14-18-7-3-5-9-21(18)33-26(31)25-24(27)20-8-4-6-10-22(20)34-25/h3-14H,15H2,1-2H3,(H,29,30)/b28-14-. The quantitative estimate of drug-likeness (QED) is 0.150. The van der Waals surface area contributed by atoms with Crippen LogP contribution in [0.2, 0.25) is 5.02 Å². The smallest absolute Gasteiger partial charge is 0.355 e. The number of halogens is 1. The molecular formula is C26H21ClN2O4S. The van der Waals surface area contributed by atoms with Crippen molar-refractivity contribution in [3.63, 3.8) is 0 Å². The number of aryl methyl sites for hydroxylation is 2. The maximum Gasteiger partial charge on any atom is 0.355 e. The summed E-state index contributed by atoms with van der Waals surface area (Å²) in [7, 11) is 0. The van der Waals surface area contributed by atoms with Gasteiger partial charge in [-0.1, -0.05) is 48.0 Å². The van der Waals surface area contributed by atoms with Crippen molar-refractivity contribution >= 4 is 51.1 Å². The number of hydrogen-bond donors (Lipinski definition) is 1. The molecule has 4 aromatic rings. The summed E-state index contributed by atoms with van der Waals surface area (Å²) in [5, 5.41) is 5.13. The van der Waals surface area contributed by atoms with Crippen LogP contribution in [-0.2, 0) is 4.79 Å². The number of para-hydroxylation sites is 1. The van der Waals surface area contributed by atoms with E-state index in [2.05, 4.69) is 10.5 Å². The summed E-state index contributed by atoms with van der Waals surface area (Å²) >= 11 is 7.66. The molecule has 6 nitrogen and oxygen atoms in total. The van der Waals surface area contributed by atoms with E-state index in [9.17, 15) is 9.59 Å². The SMILES string of the molecule is Cc1ccc(OCC(=O)N/N=C\c2ccccc2OC(=O)c2sc3ccccc3c2Cl)cc1C. The lowest BCUT2D eigenvalue weighted by molar-refractivity contribution is -0.123. The Kier molecular flexibility index (Phi) is 7.25. The van der Waals surface area contributed by atoms with E-state index in [0.29, 0.717) is 27.0 Å². The molecule has 1 amide bonds. The fourth-order valence-corrected chi connectivity index (χ4v) is 4.52. The predicted molar refractivity (Wildman–Crippen MR) is 135 cm³/mol. The summed E-state index contributed by atoms with van der Waals surface area (Å²) in [6, 6.07) is 20.0. The van der Waals surface area contributed by atoms with Gasteiger partial charge in [0.2, 0.25) is 0 Å². The minimum atomic E-state index is -0.558. The predicted octanol–water partition coefficient (Wildman–Crippen LogP) is 5.92. The summed E-state index contributed by atoms with van der Waals surface area (Å²) in [6.45, 7) is 3.80. The lowest BCUT2D eigenvalue weighted by Crippen LogP contribution is -2.24. The van der Waals surface area contributed by atoms with E-state index < -0.39 is 11.9 Å². The molecule has 0 saturated carbocycles. The molecule has 0 spiro atoms. The Bertz CT molecular complexity index is 1400. The number of hydrazone groups is 1. The zero-order chi connectivity index (χ0) is 24.1. The second-order valence-corrected chi connectivity index (χ2v) is 8.93. The number of ether oxygens (including phenoxy) is 2. The zero-order valence-electron chi connectivity index (χ0n) is 18.5. The summed E-state index contributed by atoms with van der Waals surface area (Å²) in [5.74, 6) is -0.0660. The van der Waals surface area contributed by atoms with Crippen molar-refractivity contribution in [2.24, 2.45) is 5.10 Å². The minimum Gasteiger partial charge on any atom is -0.484 e. The second-order valence-electron chi connectivity index (χ2n) is 7.50. The Morgan fingerprint density at radius 3 is 2.59 bits per heavy atom. The molecular weight excluding hydrogens is 472 g/mol. The van der Waals surface area contributed by atoms with Crippen molar-refractivity contribution < 1.29 is 19.1 Å². The number of benzene rings is 3. The molecule has 0 aliphatic rings. The summed E-state index contributed by atoms with van der Waals surface area (Å²) in [6.07, 6.45) is 1.41. The molecule has 0 unspecified atom stereocenters. The van der Waals surface area contributed by atoms with Crippen LogP contribution in [0, 0.1) is 13.8 Å². The number of nitrogens with one attached hydrogen (secondary N) is 1. The Hall–Kier alpha value is -3.68. The first kappa shape index (κ1) is 23.5. The van der Waals surface area contributed by atoms with Crippen LogP contribution in [0.3, 0.4) is 0 Å². The summed E-state index contributed by atoms with van der Waals surface area (Å²) < 4.78 is 12.0. The monoisotopic (exact) mass is 492 g/mol. The van der Waals surface area contributed by atoms with E-state index in [1.54, 1.807) is 24.3 Å². The molecule has 0 fully saturated rings. The zero-order valence-corrected chi connectivity index (χ0v) is 20.1. The molecule has 0 bridgehead atoms. The molecule has 3 aromatic carbocycles. The first-order chi connectivity index (χ1) is 16.4. The first-order valence-corrected chi connectivity index (χ1v) is 11.6. The molecule has 0 radical (unpaired) electrons. The van der Waals surface area contributed by atoms with Gasteiger partial charge >= 0.3 is 5.97 Å². The molecule has 8 heteroatoms. The molecule has 0 saturated heterocycles. The van der Waals surface area contributed by atoms with Crippen LogP contribution < -0.4 is 14.9 Å². The van der Waals surface area contributed by atoms with Gasteiger partial charge < -0.3 is 9.47 Å². The number of fused-ring (bicyclic) bond motifs is 1. The largest absolute Gasteiger partial charge is 0.484 e. The molecule has 1 aromatic heterocycles. The van der Waals surface area contributed by atoms with Gasteiger partial charge in [0, 0.05) is 15.6 Å². The van der Waals surface area contributed by atoms with Crippen LogP contribution in [0.15, 0.2) is 71.8 Å². The fourth-order valence-electron chi connectivity index (χ4n) is 3.13. The van der Waals surface area contributed by atoms with E-state index >= 15 is 0 Å². The average molecular weight is 493 g/mol. The third-order valence-electron chi connectivity index (χ3n) is 5.08. The Morgan fingerprint density at radius 2 is 1.79 bits per heavy atom. The van der Waals surface area contributed by atoms with Crippen molar-refractivity contribution in [1.82, 2.24) is 5.43 Å². The van der Waals surface area contributed by atoms with Crippen LogP contribution in [0.4, 0.5) is 0 Å². The van der Waals surface area contributed by atoms with Gasteiger partial charge in [0.15, 0.2) is 6.61 Å². The lowest BCUT2D eigenvalue weighted by Gasteiger charge is -2.08. The normalized spacial score (nSPS) is 11.0. The molecule has 1 N–H and O–H groups in total. The number of amides is 1. The van der Waals surface area contributed by atoms with E-state index in [1.807, 2.05) is 56.3 Å². The highest BCUT2D eigenvalue weighted by Crippen LogP contribution is 2.36. The summed E-state index contributed by atoms with van der Waals surface area (Å²) in [4.78, 5) is 25.2. The van der Waals surface area contributed by atoms with Crippen LogP contribution in [-0.4, -0.2) is 24.7 Å². The van der Waals surface area contributed by atoms with Gasteiger partial charge in [0.05, 0.1) is 11.2 Å². The molecule has 4 rings (SSSR count). The van der Waals surface area contributed by atoms with Crippen molar-refractivity contribution in [1.29, 1.82) is 0 Å². The van der Waals surface area contributed by atoms with Crippen LogP contribution in [0.1, 0.15) is 26.4 Å². The topological polar surface area (TPSA) is 77.0 Å². The number of esters is 1. The highest BCUT2D eigenvalue weighted by molar-refractivity contribution is 7.21. The van der Waals surface area contributed by atoms with Gasteiger partial charge in [-0.15, -0.1) is 11.3 Å². The van der Waals surface area contributed by atoms with Crippen molar-refractivity contribution in [3.05, 3.63) is 93.3 Å².